The number of hydrogen-bond acceptors (Lipinski definition) is 6. The highest BCUT2D eigenvalue weighted by Gasteiger charge is 2.23. The first-order valence-corrected chi connectivity index (χ1v) is 8.94. The Labute approximate surface area is 163 Å². The Bertz CT molecular complexity index is 874. The predicted molar refractivity (Wildman–Crippen MR) is 103 cm³/mol. The topological polar surface area (TPSA) is 91.8 Å². The third-order valence-corrected chi connectivity index (χ3v) is 4.57. The maximum absolute atomic E-state index is 12.6. The molecule has 2 heterocycles. The zero-order valence-corrected chi connectivity index (χ0v) is 15.8. The van der Waals surface area contributed by atoms with Crippen LogP contribution >= 0.6 is 0 Å². The van der Waals surface area contributed by atoms with Gasteiger partial charge in [-0.05, 0) is 30.3 Å². The summed E-state index contributed by atoms with van der Waals surface area (Å²) in [5.41, 5.74) is 2.20. The van der Waals surface area contributed by atoms with E-state index in [1.165, 1.54) is 14.0 Å². The van der Waals surface area contributed by atoms with E-state index in [2.05, 4.69) is 10.3 Å². The van der Waals surface area contributed by atoms with Gasteiger partial charge >= 0.3 is 5.97 Å². The summed E-state index contributed by atoms with van der Waals surface area (Å²) < 4.78 is 4.72. The van der Waals surface area contributed by atoms with Gasteiger partial charge in [0.15, 0.2) is 0 Å². The molecular formula is C20H22N4O4. The molecule has 0 unspecified atom stereocenters. The van der Waals surface area contributed by atoms with Crippen molar-refractivity contribution in [1.29, 1.82) is 0 Å². The second kappa shape index (κ2) is 8.51. The Morgan fingerprint density at radius 1 is 1.00 bits per heavy atom. The summed E-state index contributed by atoms with van der Waals surface area (Å²) in [6.07, 6.45) is 1.57. The first-order chi connectivity index (χ1) is 13.5. The third kappa shape index (κ3) is 4.46. The molecule has 2 amide bonds. The fraction of sp³-hybridized carbons (Fsp3) is 0.300. The van der Waals surface area contributed by atoms with Crippen LogP contribution in [0.1, 0.15) is 27.8 Å². The molecule has 0 bridgehead atoms. The summed E-state index contributed by atoms with van der Waals surface area (Å²) in [5, 5.41) is 3.15. The maximum Gasteiger partial charge on any atom is 0.337 e. The maximum atomic E-state index is 12.6. The van der Waals surface area contributed by atoms with Crippen molar-refractivity contribution in [2.75, 3.05) is 38.6 Å². The summed E-state index contributed by atoms with van der Waals surface area (Å²) in [4.78, 5) is 43.3. The summed E-state index contributed by atoms with van der Waals surface area (Å²) in [7, 11) is 1.34. The van der Waals surface area contributed by atoms with Gasteiger partial charge in [-0.25, -0.2) is 9.78 Å². The number of piperazine rings is 1. The summed E-state index contributed by atoms with van der Waals surface area (Å²) in [5.74, 6) is -0.535. The fourth-order valence-electron chi connectivity index (χ4n) is 2.99. The van der Waals surface area contributed by atoms with E-state index >= 15 is 0 Å². The van der Waals surface area contributed by atoms with Gasteiger partial charge in [0.2, 0.25) is 5.91 Å². The molecule has 0 aliphatic carbocycles. The molecule has 1 aliphatic rings. The molecule has 0 atom stereocenters. The van der Waals surface area contributed by atoms with E-state index in [-0.39, 0.29) is 11.8 Å². The Balaban J connectivity index is 1.63. The van der Waals surface area contributed by atoms with Crippen LogP contribution in [-0.2, 0) is 9.53 Å². The average molecular weight is 382 g/mol. The van der Waals surface area contributed by atoms with Crippen molar-refractivity contribution in [2.45, 2.75) is 6.92 Å². The van der Waals surface area contributed by atoms with Gasteiger partial charge in [-0.3, -0.25) is 9.59 Å². The van der Waals surface area contributed by atoms with Crippen molar-refractivity contribution in [3.05, 3.63) is 53.9 Å². The highest BCUT2D eigenvalue weighted by atomic mass is 16.5. The molecule has 2 aromatic rings. The van der Waals surface area contributed by atoms with Crippen LogP contribution in [0.25, 0.3) is 0 Å². The van der Waals surface area contributed by atoms with Crippen LogP contribution in [0.4, 0.5) is 11.4 Å². The molecule has 1 N–H and O–H groups in total. The minimum absolute atomic E-state index is 0.0249. The van der Waals surface area contributed by atoms with E-state index in [4.69, 9.17) is 4.74 Å². The lowest BCUT2D eigenvalue weighted by molar-refractivity contribution is -0.130. The SMILES string of the molecule is COC(=O)c1cccc(Nc2ccc(C(=O)N3CCN(C(C)=O)CC3)nc2)c1. The van der Waals surface area contributed by atoms with Gasteiger partial charge in [-0.1, -0.05) is 6.07 Å². The highest BCUT2D eigenvalue weighted by Crippen LogP contribution is 2.18. The molecule has 1 aromatic carbocycles. The number of esters is 1. The van der Waals surface area contributed by atoms with Gasteiger partial charge in [0.1, 0.15) is 5.69 Å². The number of ether oxygens (including phenoxy) is 1. The molecule has 1 fully saturated rings. The number of rotatable bonds is 4. The number of carbonyl (C=O) groups is 3. The number of pyridine rings is 1. The standard InChI is InChI=1S/C20H22N4O4/c1-14(25)23-8-10-24(11-9-23)19(26)18-7-6-17(13-21-18)22-16-5-3-4-15(12-16)20(27)28-2/h3-7,12-13,22H,8-11H2,1-2H3. The molecule has 1 aromatic heterocycles. The number of nitrogens with zero attached hydrogens (tertiary/aromatic N) is 3. The normalized spacial score (nSPS) is 13.8. The van der Waals surface area contributed by atoms with E-state index in [9.17, 15) is 14.4 Å². The highest BCUT2D eigenvalue weighted by molar-refractivity contribution is 5.93. The number of benzene rings is 1. The van der Waals surface area contributed by atoms with Crippen molar-refractivity contribution >= 4 is 29.2 Å². The van der Waals surface area contributed by atoms with Crippen molar-refractivity contribution in [3.8, 4) is 0 Å². The summed E-state index contributed by atoms with van der Waals surface area (Å²) in [6.45, 7) is 3.61. The Kier molecular flexibility index (Phi) is 5.88. The van der Waals surface area contributed by atoms with Crippen LogP contribution < -0.4 is 5.32 Å². The first-order valence-electron chi connectivity index (χ1n) is 8.94. The van der Waals surface area contributed by atoms with Crippen molar-refractivity contribution in [3.63, 3.8) is 0 Å². The third-order valence-electron chi connectivity index (χ3n) is 4.57. The van der Waals surface area contributed by atoms with E-state index < -0.39 is 5.97 Å². The molecule has 0 saturated carbocycles. The molecular weight excluding hydrogens is 360 g/mol. The second-order valence-corrected chi connectivity index (χ2v) is 6.43. The molecule has 1 saturated heterocycles. The first kappa shape index (κ1) is 19.3. The number of aromatic nitrogens is 1. The molecule has 146 valence electrons. The Hall–Kier alpha value is -3.42. The van der Waals surface area contributed by atoms with Crippen molar-refractivity contribution in [1.82, 2.24) is 14.8 Å². The average Bonchev–Trinajstić information content (AvgIpc) is 2.73. The predicted octanol–water partition coefficient (Wildman–Crippen LogP) is 1.92. The fourth-order valence-corrected chi connectivity index (χ4v) is 2.99. The van der Waals surface area contributed by atoms with Crippen LogP contribution in [0.15, 0.2) is 42.6 Å². The van der Waals surface area contributed by atoms with E-state index in [1.807, 2.05) is 6.07 Å². The Morgan fingerprint density at radius 3 is 2.32 bits per heavy atom. The summed E-state index contributed by atoms with van der Waals surface area (Å²) in [6, 6.07) is 10.3. The lowest BCUT2D eigenvalue weighted by Crippen LogP contribution is -2.50. The smallest absolute Gasteiger partial charge is 0.337 e. The number of carbonyl (C=O) groups excluding carboxylic acids is 3. The molecule has 0 radical (unpaired) electrons. The monoisotopic (exact) mass is 382 g/mol. The number of amides is 2. The zero-order chi connectivity index (χ0) is 20.1. The minimum atomic E-state index is -0.410. The van der Waals surface area contributed by atoms with Crippen LogP contribution in [0.2, 0.25) is 0 Å². The van der Waals surface area contributed by atoms with Crippen LogP contribution in [0, 0.1) is 0 Å². The second-order valence-electron chi connectivity index (χ2n) is 6.43. The van der Waals surface area contributed by atoms with Crippen molar-refractivity contribution in [2.24, 2.45) is 0 Å². The van der Waals surface area contributed by atoms with Crippen molar-refractivity contribution < 1.29 is 19.1 Å². The van der Waals surface area contributed by atoms with Crippen LogP contribution in [-0.4, -0.2) is 65.9 Å². The molecule has 3 rings (SSSR count). The molecule has 1 aliphatic heterocycles. The van der Waals surface area contributed by atoms with Crippen LogP contribution in [0.3, 0.4) is 0 Å². The van der Waals surface area contributed by atoms with Gasteiger partial charge < -0.3 is 19.9 Å². The quantitative estimate of drug-likeness (QED) is 0.813. The molecule has 0 spiro atoms. The van der Waals surface area contributed by atoms with Crippen LogP contribution in [0.5, 0.6) is 0 Å². The number of nitrogens with one attached hydrogen (secondary N) is 1. The largest absolute Gasteiger partial charge is 0.465 e. The van der Waals surface area contributed by atoms with Gasteiger partial charge in [0.25, 0.3) is 5.91 Å². The lowest BCUT2D eigenvalue weighted by Gasteiger charge is -2.34. The molecule has 8 nitrogen and oxygen atoms in total. The summed E-state index contributed by atoms with van der Waals surface area (Å²) >= 11 is 0. The van der Waals surface area contributed by atoms with Gasteiger partial charge in [-0.15, -0.1) is 0 Å². The van der Waals surface area contributed by atoms with Gasteiger partial charge in [0, 0.05) is 38.8 Å². The van der Waals surface area contributed by atoms with Gasteiger partial charge in [-0.2, -0.15) is 0 Å². The lowest BCUT2D eigenvalue weighted by atomic mass is 10.2. The molecule has 8 heteroatoms. The Morgan fingerprint density at radius 2 is 1.71 bits per heavy atom. The number of hydrogen-bond donors (Lipinski definition) is 1. The van der Waals surface area contributed by atoms with E-state index in [1.54, 1.807) is 46.3 Å². The minimum Gasteiger partial charge on any atom is -0.465 e. The molecule has 28 heavy (non-hydrogen) atoms. The zero-order valence-electron chi connectivity index (χ0n) is 15.8. The number of methoxy groups -OCH3 is 1. The van der Waals surface area contributed by atoms with E-state index in [0.717, 1.165) is 0 Å². The van der Waals surface area contributed by atoms with E-state index in [0.29, 0.717) is 48.8 Å². The van der Waals surface area contributed by atoms with Gasteiger partial charge in [0.05, 0.1) is 24.6 Å². The number of anilines is 2.